The summed E-state index contributed by atoms with van der Waals surface area (Å²) in [5.74, 6) is -0.250. The lowest BCUT2D eigenvalue weighted by Crippen LogP contribution is -2.42. The summed E-state index contributed by atoms with van der Waals surface area (Å²) in [6.45, 7) is 3.38. The Balaban J connectivity index is 2.41. The lowest BCUT2D eigenvalue weighted by molar-refractivity contribution is -0.155. The average molecular weight is 232 g/mol. The molecule has 0 spiro atoms. The van der Waals surface area contributed by atoms with E-state index in [1.54, 1.807) is 0 Å². The molecule has 1 heterocycles. The summed E-state index contributed by atoms with van der Waals surface area (Å²) in [5.41, 5.74) is 0.215. The van der Waals surface area contributed by atoms with Gasteiger partial charge in [0.1, 0.15) is 0 Å². The Kier molecular flexibility index (Phi) is 2.98. The van der Waals surface area contributed by atoms with Crippen molar-refractivity contribution in [3.8, 4) is 0 Å². The zero-order valence-electron chi connectivity index (χ0n) is 10.1. The predicted molar refractivity (Wildman–Crippen MR) is 65.2 cm³/mol. The van der Waals surface area contributed by atoms with Gasteiger partial charge in [-0.3, -0.25) is 4.79 Å². The molecule has 0 radical (unpaired) electrons. The van der Waals surface area contributed by atoms with Crippen LogP contribution in [0, 0.1) is 0 Å². The maximum atomic E-state index is 11.6. The van der Waals surface area contributed by atoms with Gasteiger partial charge in [0.25, 0.3) is 0 Å². The van der Waals surface area contributed by atoms with Crippen molar-refractivity contribution in [2.24, 2.45) is 5.10 Å². The number of amides is 1. The molecule has 4 nitrogen and oxygen atoms in total. The summed E-state index contributed by atoms with van der Waals surface area (Å²) < 4.78 is 0. The van der Waals surface area contributed by atoms with Crippen molar-refractivity contribution in [3.05, 3.63) is 35.9 Å². The minimum absolute atomic E-state index is 0.250. The lowest BCUT2D eigenvalue weighted by Gasteiger charge is -2.30. The summed E-state index contributed by atoms with van der Waals surface area (Å²) >= 11 is 0. The first-order chi connectivity index (χ1) is 8.08. The van der Waals surface area contributed by atoms with Crippen molar-refractivity contribution in [2.75, 3.05) is 0 Å². The van der Waals surface area contributed by atoms with E-state index in [2.05, 4.69) is 5.10 Å². The fourth-order valence-corrected chi connectivity index (χ4v) is 2.07. The smallest absolute Gasteiger partial charge is 0.242 e. The van der Waals surface area contributed by atoms with Crippen LogP contribution >= 0.6 is 0 Å². The van der Waals surface area contributed by atoms with Crippen LogP contribution in [0.1, 0.15) is 32.3 Å². The van der Waals surface area contributed by atoms with Crippen LogP contribution in [-0.2, 0) is 10.5 Å². The number of hydrogen-bond acceptors (Lipinski definition) is 3. The van der Waals surface area contributed by atoms with Gasteiger partial charge in [0, 0.05) is 24.6 Å². The minimum Gasteiger partial charge on any atom is -0.365 e. The number of hydrazone groups is 1. The van der Waals surface area contributed by atoms with Crippen LogP contribution in [-0.4, -0.2) is 21.7 Å². The molecule has 2 rings (SSSR count). The molecule has 0 aliphatic carbocycles. The summed E-state index contributed by atoms with van der Waals surface area (Å²) in [7, 11) is 0. The van der Waals surface area contributed by atoms with Gasteiger partial charge < -0.3 is 5.11 Å². The summed E-state index contributed by atoms with van der Waals surface area (Å²) in [6.07, 6.45) is 1.12. The number of nitrogens with zero attached hydrogens (tertiary/aromatic N) is 2. The molecule has 1 aliphatic rings. The van der Waals surface area contributed by atoms with Gasteiger partial charge in [0.2, 0.25) is 5.91 Å². The van der Waals surface area contributed by atoms with Crippen molar-refractivity contribution in [3.63, 3.8) is 0 Å². The van der Waals surface area contributed by atoms with E-state index in [0.29, 0.717) is 12.0 Å². The molecule has 0 bridgehead atoms. The normalized spacial score (nSPS) is 23.7. The van der Waals surface area contributed by atoms with E-state index in [0.717, 1.165) is 12.1 Å². The van der Waals surface area contributed by atoms with Crippen molar-refractivity contribution in [2.45, 2.75) is 32.4 Å². The zero-order valence-corrected chi connectivity index (χ0v) is 10.1. The van der Waals surface area contributed by atoms with Gasteiger partial charge in [-0.2, -0.15) is 10.1 Å². The number of hydrogen-bond donors (Lipinski definition) is 1. The molecule has 0 aromatic heterocycles. The van der Waals surface area contributed by atoms with Crippen molar-refractivity contribution >= 4 is 11.6 Å². The second-order valence-electron chi connectivity index (χ2n) is 4.21. The number of carbonyl (C=O) groups is 1. The average Bonchev–Trinajstić information content (AvgIpc) is 2.69. The molecule has 0 saturated heterocycles. The first kappa shape index (κ1) is 11.8. The summed E-state index contributed by atoms with van der Waals surface area (Å²) in [6, 6.07) is 9.18. The SMILES string of the molecule is CCC1=NN(C(C)=O)[C@@](O)(c2ccccc2)C1. The fourth-order valence-electron chi connectivity index (χ4n) is 2.07. The molecule has 4 heteroatoms. The van der Waals surface area contributed by atoms with E-state index in [1.165, 1.54) is 11.9 Å². The van der Waals surface area contributed by atoms with Crippen LogP contribution < -0.4 is 0 Å². The Morgan fingerprint density at radius 3 is 2.65 bits per heavy atom. The topological polar surface area (TPSA) is 52.9 Å². The minimum atomic E-state index is -1.32. The van der Waals surface area contributed by atoms with Gasteiger partial charge in [-0.05, 0) is 6.42 Å². The third-order valence-corrected chi connectivity index (χ3v) is 2.98. The molecule has 1 aromatic rings. The highest BCUT2D eigenvalue weighted by Gasteiger charge is 2.43. The first-order valence-electron chi connectivity index (χ1n) is 5.73. The van der Waals surface area contributed by atoms with E-state index in [-0.39, 0.29) is 5.91 Å². The van der Waals surface area contributed by atoms with Crippen LogP contribution in [0.4, 0.5) is 0 Å². The Labute approximate surface area is 101 Å². The molecule has 0 unspecified atom stereocenters. The van der Waals surface area contributed by atoms with Crippen LogP contribution in [0.15, 0.2) is 35.4 Å². The summed E-state index contributed by atoms with van der Waals surface area (Å²) in [4.78, 5) is 11.6. The fraction of sp³-hybridized carbons (Fsp3) is 0.385. The van der Waals surface area contributed by atoms with E-state index in [9.17, 15) is 9.90 Å². The zero-order chi connectivity index (χ0) is 12.5. The van der Waals surface area contributed by atoms with Gasteiger partial charge in [0.15, 0.2) is 5.72 Å². The van der Waals surface area contributed by atoms with E-state index in [1.807, 2.05) is 37.3 Å². The summed E-state index contributed by atoms with van der Waals surface area (Å²) in [5, 5.41) is 16.1. The number of carbonyl (C=O) groups excluding carboxylic acids is 1. The molecule has 17 heavy (non-hydrogen) atoms. The molecule has 0 fully saturated rings. The van der Waals surface area contributed by atoms with E-state index in [4.69, 9.17) is 0 Å². The maximum Gasteiger partial charge on any atom is 0.242 e. The van der Waals surface area contributed by atoms with Crippen LogP contribution in [0.2, 0.25) is 0 Å². The highest BCUT2D eigenvalue weighted by molar-refractivity contribution is 5.90. The van der Waals surface area contributed by atoms with E-state index >= 15 is 0 Å². The van der Waals surface area contributed by atoms with Crippen molar-refractivity contribution in [1.29, 1.82) is 0 Å². The van der Waals surface area contributed by atoms with Crippen molar-refractivity contribution < 1.29 is 9.90 Å². The molecule has 1 N–H and O–H groups in total. The van der Waals surface area contributed by atoms with Crippen LogP contribution in [0.3, 0.4) is 0 Å². The van der Waals surface area contributed by atoms with Gasteiger partial charge >= 0.3 is 0 Å². The molecule has 1 aliphatic heterocycles. The second-order valence-corrected chi connectivity index (χ2v) is 4.21. The Morgan fingerprint density at radius 1 is 1.47 bits per heavy atom. The van der Waals surface area contributed by atoms with E-state index < -0.39 is 5.72 Å². The van der Waals surface area contributed by atoms with Gasteiger partial charge in [-0.15, -0.1) is 0 Å². The van der Waals surface area contributed by atoms with Crippen LogP contribution in [0.5, 0.6) is 0 Å². The molecule has 1 atom stereocenters. The molecular weight excluding hydrogens is 216 g/mol. The monoisotopic (exact) mass is 232 g/mol. The predicted octanol–water partition coefficient (Wildman–Crippen LogP) is 1.85. The third-order valence-electron chi connectivity index (χ3n) is 2.98. The highest BCUT2D eigenvalue weighted by Crippen LogP contribution is 2.35. The largest absolute Gasteiger partial charge is 0.365 e. The number of benzene rings is 1. The second kappa shape index (κ2) is 4.30. The quantitative estimate of drug-likeness (QED) is 0.846. The number of aliphatic hydroxyl groups is 1. The molecular formula is C13H16N2O2. The lowest BCUT2D eigenvalue weighted by atomic mass is 9.96. The standard InChI is InChI=1S/C13H16N2O2/c1-3-12-9-13(17,15(14-12)10(2)16)11-7-5-4-6-8-11/h4-8,17H,3,9H2,1-2H3/t13-/m0/s1. The third kappa shape index (κ3) is 1.96. The number of rotatable bonds is 2. The maximum absolute atomic E-state index is 11.6. The molecule has 1 aromatic carbocycles. The molecule has 0 saturated carbocycles. The Bertz CT molecular complexity index is 456. The Hall–Kier alpha value is -1.68. The van der Waals surface area contributed by atoms with Gasteiger partial charge in [-0.25, -0.2) is 0 Å². The molecule has 1 amide bonds. The highest BCUT2D eigenvalue weighted by atomic mass is 16.3. The Morgan fingerprint density at radius 2 is 2.12 bits per heavy atom. The molecule has 90 valence electrons. The first-order valence-corrected chi connectivity index (χ1v) is 5.73. The van der Waals surface area contributed by atoms with Crippen LogP contribution in [0.25, 0.3) is 0 Å². The van der Waals surface area contributed by atoms with Crippen molar-refractivity contribution in [1.82, 2.24) is 5.01 Å². The van der Waals surface area contributed by atoms with Gasteiger partial charge in [0.05, 0.1) is 0 Å². The van der Waals surface area contributed by atoms with Gasteiger partial charge in [-0.1, -0.05) is 37.3 Å².